The molecule has 0 saturated carbocycles. The third-order valence-corrected chi connectivity index (χ3v) is 9.48. The van der Waals surface area contributed by atoms with E-state index >= 15 is 0 Å². The Morgan fingerprint density at radius 2 is 0.685 bits per heavy atom. The molecule has 1 aliphatic rings. The summed E-state index contributed by atoms with van der Waals surface area (Å²) in [5, 5.41) is 31.3. The summed E-state index contributed by atoms with van der Waals surface area (Å²) in [4.78, 5) is 21.2. The Labute approximate surface area is 311 Å². The van der Waals surface area contributed by atoms with Crippen LogP contribution < -0.4 is 0 Å². The van der Waals surface area contributed by atoms with Crippen LogP contribution in [0.3, 0.4) is 0 Å². The Balaban J connectivity index is 1.13. The van der Waals surface area contributed by atoms with Gasteiger partial charge in [0, 0.05) is 75.6 Å². The number of aromatic hydroxyl groups is 3. The number of pyridine rings is 3. The highest BCUT2D eigenvalue weighted by Gasteiger charge is 2.20. The van der Waals surface area contributed by atoms with Crippen LogP contribution in [0.1, 0.15) is 17.1 Å². The molecule has 276 valence electrons. The topological polar surface area (TPSA) is 109 Å². The van der Waals surface area contributed by atoms with Crippen molar-refractivity contribution < 1.29 is 28.5 Å². The quantitative estimate of drug-likeness (QED) is 0.142. The molecule has 12 heteroatoms. The molecule has 0 bridgehead atoms. The van der Waals surface area contributed by atoms with E-state index in [-0.39, 0.29) is 17.2 Å². The van der Waals surface area contributed by atoms with E-state index in [1.165, 1.54) is 54.6 Å². The van der Waals surface area contributed by atoms with Crippen molar-refractivity contribution in [3.8, 4) is 51.0 Å². The molecule has 0 aliphatic carbocycles. The summed E-state index contributed by atoms with van der Waals surface area (Å²) in [5.74, 6) is -1.54. The van der Waals surface area contributed by atoms with Crippen LogP contribution in [0.2, 0.25) is 0 Å². The van der Waals surface area contributed by atoms with Gasteiger partial charge in [-0.05, 0) is 91.0 Å². The van der Waals surface area contributed by atoms with Crippen molar-refractivity contribution in [3.05, 3.63) is 144 Å². The van der Waals surface area contributed by atoms with Gasteiger partial charge in [0.05, 0.1) is 34.2 Å². The van der Waals surface area contributed by atoms with E-state index in [2.05, 4.69) is 14.7 Å². The maximum atomic E-state index is 14.1. The van der Waals surface area contributed by atoms with Gasteiger partial charge in [0.25, 0.3) is 0 Å². The SMILES string of the molecule is Oc1ccc(F)cc1-c1cccc(CN2CCN(Cc3cccc(-c4cc(F)ccc4O)n3)CCN(Cc3cccc(-c4cc(F)ccc4O)n3)CC2)n1. The molecular weight excluding hydrogens is 693 g/mol. The fraction of sp³-hybridized carbons (Fsp3) is 0.214. The third kappa shape index (κ3) is 9.03. The summed E-state index contributed by atoms with van der Waals surface area (Å²) in [6, 6.07) is 27.9. The minimum absolute atomic E-state index is 0.0503. The zero-order valence-corrected chi connectivity index (χ0v) is 29.4. The van der Waals surface area contributed by atoms with Crippen LogP contribution in [0.25, 0.3) is 33.8 Å². The number of phenolic OH excluding ortho intramolecular Hbond substituents is 3. The van der Waals surface area contributed by atoms with Gasteiger partial charge in [-0.25, -0.2) is 13.2 Å². The highest BCUT2D eigenvalue weighted by atomic mass is 19.1. The summed E-state index contributed by atoms with van der Waals surface area (Å²) in [6.45, 7) is 5.69. The van der Waals surface area contributed by atoms with Crippen LogP contribution in [0.15, 0.2) is 109 Å². The lowest BCUT2D eigenvalue weighted by molar-refractivity contribution is 0.207. The molecule has 0 atom stereocenters. The molecule has 0 unspecified atom stereocenters. The van der Waals surface area contributed by atoms with Crippen molar-refractivity contribution in [1.29, 1.82) is 0 Å². The number of halogens is 3. The van der Waals surface area contributed by atoms with Gasteiger partial charge < -0.3 is 15.3 Å². The molecule has 1 fully saturated rings. The normalized spacial score (nSPS) is 14.7. The minimum Gasteiger partial charge on any atom is -0.507 e. The second kappa shape index (κ2) is 16.5. The lowest BCUT2D eigenvalue weighted by Crippen LogP contribution is -2.35. The average Bonchev–Trinajstić information content (AvgIpc) is 3.26. The standard InChI is InChI=1S/C42H39F3N6O3/c43-28-10-13-40(52)34(22-28)37-7-1-4-31(46-37)25-49-16-18-50(26-32-5-2-8-38(47-32)35-23-29(44)11-14-41(35)53)20-21-51(19-17-49)27-33-6-3-9-39(48-33)36-24-30(45)12-15-42(36)54/h1-15,22-24,52-54H,16-21,25-27H2. The molecule has 0 amide bonds. The van der Waals surface area contributed by atoms with Crippen molar-refractivity contribution in [2.45, 2.75) is 19.6 Å². The van der Waals surface area contributed by atoms with Gasteiger partial charge in [0.2, 0.25) is 0 Å². The number of nitrogens with zero attached hydrogens (tertiary/aromatic N) is 6. The summed E-state index contributed by atoms with van der Waals surface area (Å²) < 4.78 is 42.2. The lowest BCUT2D eigenvalue weighted by Gasteiger charge is -2.25. The van der Waals surface area contributed by atoms with Crippen LogP contribution >= 0.6 is 0 Å². The smallest absolute Gasteiger partial charge is 0.125 e. The average molecular weight is 733 g/mol. The van der Waals surface area contributed by atoms with E-state index in [1.807, 2.05) is 36.4 Å². The first-order valence-corrected chi connectivity index (χ1v) is 17.7. The van der Waals surface area contributed by atoms with Crippen molar-refractivity contribution >= 4 is 0 Å². The van der Waals surface area contributed by atoms with Crippen LogP contribution in [0, 0.1) is 17.5 Å². The first-order chi connectivity index (χ1) is 26.2. The zero-order valence-electron chi connectivity index (χ0n) is 29.4. The fourth-order valence-electron chi connectivity index (χ4n) is 6.64. The number of hydrogen-bond acceptors (Lipinski definition) is 9. The summed E-state index contributed by atoms with van der Waals surface area (Å²) >= 11 is 0. The first-order valence-electron chi connectivity index (χ1n) is 17.7. The molecule has 1 aliphatic heterocycles. The summed E-state index contributed by atoms with van der Waals surface area (Å²) in [7, 11) is 0. The van der Waals surface area contributed by atoms with Crippen molar-refractivity contribution in [1.82, 2.24) is 29.7 Å². The van der Waals surface area contributed by atoms with Crippen LogP contribution in [-0.4, -0.2) is 84.2 Å². The lowest BCUT2D eigenvalue weighted by atomic mass is 10.1. The van der Waals surface area contributed by atoms with E-state index in [0.29, 0.717) is 92.7 Å². The largest absolute Gasteiger partial charge is 0.507 e. The highest BCUT2D eigenvalue weighted by molar-refractivity contribution is 5.68. The molecule has 0 spiro atoms. The van der Waals surface area contributed by atoms with Crippen LogP contribution in [-0.2, 0) is 19.6 Å². The Morgan fingerprint density at radius 1 is 0.407 bits per heavy atom. The van der Waals surface area contributed by atoms with E-state index < -0.39 is 17.5 Å². The van der Waals surface area contributed by atoms with Gasteiger partial charge in [-0.1, -0.05) is 18.2 Å². The maximum Gasteiger partial charge on any atom is 0.125 e. The monoisotopic (exact) mass is 732 g/mol. The van der Waals surface area contributed by atoms with Gasteiger partial charge in [-0.15, -0.1) is 0 Å². The van der Waals surface area contributed by atoms with E-state index in [0.717, 1.165) is 17.1 Å². The van der Waals surface area contributed by atoms with Gasteiger partial charge in [0.15, 0.2) is 0 Å². The van der Waals surface area contributed by atoms with Crippen LogP contribution in [0.5, 0.6) is 17.2 Å². The van der Waals surface area contributed by atoms with Crippen molar-refractivity contribution in [2.24, 2.45) is 0 Å². The minimum atomic E-state index is -0.462. The molecule has 3 aromatic carbocycles. The first kappa shape index (κ1) is 36.5. The second-order valence-electron chi connectivity index (χ2n) is 13.4. The van der Waals surface area contributed by atoms with Gasteiger partial charge in [0.1, 0.15) is 34.7 Å². The van der Waals surface area contributed by atoms with Gasteiger partial charge >= 0.3 is 0 Å². The second-order valence-corrected chi connectivity index (χ2v) is 13.4. The van der Waals surface area contributed by atoms with Gasteiger partial charge in [-0.2, -0.15) is 0 Å². The molecule has 3 aromatic heterocycles. The zero-order chi connectivity index (χ0) is 37.6. The van der Waals surface area contributed by atoms with E-state index in [4.69, 9.17) is 15.0 Å². The van der Waals surface area contributed by atoms with Crippen molar-refractivity contribution in [3.63, 3.8) is 0 Å². The van der Waals surface area contributed by atoms with Crippen LogP contribution in [0.4, 0.5) is 13.2 Å². The molecule has 0 radical (unpaired) electrons. The molecule has 7 rings (SSSR count). The number of aromatic nitrogens is 3. The number of hydrogen-bond donors (Lipinski definition) is 3. The molecule has 9 nitrogen and oxygen atoms in total. The van der Waals surface area contributed by atoms with E-state index in [1.54, 1.807) is 18.2 Å². The van der Waals surface area contributed by atoms with Gasteiger partial charge in [-0.3, -0.25) is 29.7 Å². The maximum absolute atomic E-state index is 14.1. The van der Waals surface area contributed by atoms with E-state index in [9.17, 15) is 28.5 Å². The fourth-order valence-corrected chi connectivity index (χ4v) is 6.64. The molecule has 6 aromatic rings. The molecular formula is C42H39F3N6O3. The Morgan fingerprint density at radius 3 is 0.963 bits per heavy atom. The Kier molecular flexibility index (Phi) is 11.1. The summed E-state index contributed by atoms with van der Waals surface area (Å²) in [6.07, 6.45) is 0. The highest BCUT2D eigenvalue weighted by Crippen LogP contribution is 2.31. The third-order valence-electron chi connectivity index (χ3n) is 9.48. The molecule has 4 heterocycles. The Bertz CT molecular complexity index is 1990. The predicted octanol–water partition coefficient (Wildman–Crippen LogP) is 7.23. The number of rotatable bonds is 9. The summed E-state index contributed by atoms with van der Waals surface area (Å²) in [5.41, 5.74) is 4.68. The molecule has 1 saturated heterocycles. The van der Waals surface area contributed by atoms with Crippen molar-refractivity contribution in [2.75, 3.05) is 39.3 Å². The molecule has 3 N–H and O–H groups in total. The Hall–Kier alpha value is -5.82. The molecule has 54 heavy (non-hydrogen) atoms. The predicted molar refractivity (Wildman–Crippen MR) is 200 cm³/mol. The number of benzene rings is 3. The number of phenols is 3.